The number of nitrogens with one attached hydrogen (secondary N) is 1. The van der Waals surface area contributed by atoms with E-state index >= 15 is 0 Å². The number of ether oxygens (including phenoxy) is 1. The molecule has 0 aliphatic rings. The van der Waals surface area contributed by atoms with Gasteiger partial charge in [-0.2, -0.15) is 0 Å². The van der Waals surface area contributed by atoms with Crippen molar-refractivity contribution in [2.24, 2.45) is 5.73 Å². The topological polar surface area (TPSA) is 81.4 Å². The van der Waals surface area contributed by atoms with E-state index in [0.717, 1.165) is 5.56 Å². The van der Waals surface area contributed by atoms with Crippen molar-refractivity contribution in [3.63, 3.8) is 0 Å². The van der Waals surface area contributed by atoms with Gasteiger partial charge >= 0.3 is 0 Å². The second-order valence-electron chi connectivity index (χ2n) is 4.66. The molecule has 0 aliphatic heterocycles. The molecule has 5 nitrogen and oxygen atoms in total. The van der Waals surface area contributed by atoms with Gasteiger partial charge < -0.3 is 15.8 Å². The Bertz CT molecular complexity index is 772. The van der Waals surface area contributed by atoms with E-state index in [4.69, 9.17) is 22.1 Å². The van der Waals surface area contributed by atoms with Gasteiger partial charge in [0.15, 0.2) is 0 Å². The lowest BCUT2D eigenvalue weighted by Crippen LogP contribution is -2.12. The van der Waals surface area contributed by atoms with Crippen molar-refractivity contribution in [1.29, 1.82) is 0 Å². The van der Waals surface area contributed by atoms with Gasteiger partial charge in [-0.3, -0.25) is 9.59 Å². The maximum Gasteiger partial charge on any atom is 0.250 e. The summed E-state index contributed by atoms with van der Waals surface area (Å²) in [4.78, 5) is 23.0. The number of rotatable bonds is 5. The van der Waals surface area contributed by atoms with Crippen LogP contribution >= 0.6 is 11.6 Å². The molecule has 0 fully saturated rings. The number of carbonyl (C=O) groups excluding carboxylic acids is 2. The van der Waals surface area contributed by atoms with Crippen LogP contribution in [0.3, 0.4) is 0 Å². The molecule has 0 atom stereocenters. The molecular formula is C17H15ClN2O3. The number of halogens is 1. The SMILES string of the molecule is COc1cccc(/C=C/C(=O)Nc2ccc(C(N)=O)c(Cl)c2)c1. The molecule has 0 spiro atoms. The second-order valence-corrected chi connectivity index (χ2v) is 5.07. The third-order valence-corrected chi connectivity index (χ3v) is 3.34. The van der Waals surface area contributed by atoms with E-state index in [1.165, 1.54) is 18.2 Å². The third kappa shape index (κ3) is 4.59. The van der Waals surface area contributed by atoms with E-state index in [9.17, 15) is 9.59 Å². The molecule has 2 aromatic carbocycles. The average molecular weight is 331 g/mol. The van der Waals surface area contributed by atoms with Gasteiger partial charge in [0.1, 0.15) is 5.75 Å². The molecule has 118 valence electrons. The lowest BCUT2D eigenvalue weighted by atomic mass is 10.2. The Morgan fingerprint density at radius 2 is 2.00 bits per heavy atom. The van der Waals surface area contributed by atoms with Crippen LogP contribution in [0.5, 0.6) is 5.75 Å². The fourth-order valence-electron chi connectivity index (χ4n) is 1.89. The predicted octanol–water partition coefficient (Wildman–Crippen LogP) is 3.10. The van der Waals surface area contributed by atoms with E-state index in [0.29, 0.717) is 11.4 Å². The third-order valence-electron chi connectivity index (χ3n) is 3.02. The summed E-state index contributed by atoms with van der Waals surface area (Å²) in [6.45, 7) is 0. The molecule has 6 heteroatoms. The van der Waals surface area contributed by atoms with Crippen molar-refractivity contribution in [1.82, 2.24) is 0 Å². The minimum absolute atomic E-state index is 0.187. The van der Waals surface area contributed by atoms with Crippen molar-refractivity contribution in [2.45, 2.75) is 0 Å². The number of carbonyl (C=O) groups is 2. The Morgan fingerprint density at radius 3 is 2.65 bits per heavy atom. The standard InChI is InChI=1S/C17H15ClN2O3/c1-23-13-4-2-3-11(9-13)5-8-16(21)20-12-6-7-14(17(19)22)15(18)10-12/h2-10H,1H3,(H2,19,22)(H,20,21)/b8-5+. The zero-order valence-electron chi connectivity index (χ0n) is 12.4. The molecule has 3 N–H and O–H groups in total. The first kappa shape index (κ1) is 16.6. The summed E-state index contributed by atoms with van der Waals surface area (Å²) in [5.41, 5.74) is 6.68. The minimum Gasteiger partial charge on any atom is -0.497 e. The molecule has 23 heavy (non-hydrogen) atoms. The van der Waals surface area contributed by atoms with E-state index in [2.05, 4.69) is 5.32 Å². The van der Waals surface area contributed by atoms with Crippen LogP contribution in [-0.2, 0) is 4.79 Å². The van der Waals surface area contributed by atoms with Crippen LogP contribution in [0.15, 0.2) is 48.5 Å². The maximum atomic E-state index is 11.9. The highest BCUT2D eigenvalue weighted by Gasteiger charge is 2.07. The largest absolute Gasteiger partial charge is 0.497 e. The zero-order valence-corrected chi connectivity index (χ0v) is 13.1. The molecule has 0 radical (unpaired) electrons. The lowest BCUT2D eigenvalue weighted by Gasteiger charge is -2.05. The van der Waals surface area contributed by atoms with Crippen LogP contribution in [0.2, 0.25) is 5.02 Å². The van der Waals surface area contributed by atoms with E-state index in [1.807, 2.05) is 24.3 Å². The van der Waals surface area contributed by atoms with E-state index in [-0.39, 0.29) is 16.5 Å². The van der Waals surface area contributed by atoms with Crippen LogP contribution in [0.1, 0.15) is 15.9 Å². The minimum atomic E-state index is -0.620. The van der Waals surface area contributed by atoms with Crippen molar-refractivity contribution in [2.75, 3.05) is 12.4 Å². The van der Waals surface area contributed by atoms with Crippen molar-refractivity contribution in [3.8, 4) is 5.75 Å². The molecule has 0 saturated carbocycles. The Morgan fingerprint density at radius 1 is 1.22 bits per heavy atom. The first-order chi connectivity index (χ1) is 11.0. The first-order valence-electron chi connectivity index (χ1n) is 6.72. The number of amides is 2. The molecule has 0 heterocycles. The monoisotopic (exact) mass is 330 g/mol. The smallest absolute Gasteiger partial charge is 0.250 e. The molecule has 0 bridgehead atoms. The van der Waals surface area contributed by atoms with Gasteiger partial charge in [-0.15, -0.1) is 0 Å². The van der Waals surface area contributed by atoms with Crippen molar-refractivity contribution >= 4 is 35.2 Å². The number of primary amides is 1. The van der Waals surface area contributed by atoms with Crippen molar-refractivity contribution in [3.05, 3.63) is 64.7 Å². The van der Waals surface area contributed by atoms with Crippen LogP contribution in [0, 0.1) is 0 Å². The van der Waals surface area contributed by atoms with Crippen LogP contribution < -0.4 is 15.8 Å². The Labute approximate surface area is 138 Å². The zero-order chi connectivity index (χ0) is 16.8. The van der Waals surface area contributed by atoms with Crippen LogP contribution in [0.25, 0.3) is 6.08 Å². The Balaban J connectivity index is 2.05. The summed E-state index contributed by atoms with van der Waals surface area (Å²) in [6, 6.07) is 11.8. The van der Waals surface area contributed by atoms with Gasteiger partial charge in [0, 0.05) is 11.8 Å². The molecule has 2 aromatic rings. The van der Waals surface area contributed by atoms with Crippen LogP contribution in [0.4, 0.5) is 5.69 Å². The molecule has 0 aliphatic carbocycles. The average Bonchev–Trinajstić information content (AvgIpc) is 2.53. The summed E-state index contributed by atoms with van der Waals surface area (Å²) in [5.74, 6) is -0.233. The number of anilines is 1. The number of benzene rings is 2. The summed E-state index contributed by atoms with van der Waals surface area (Å²) in [6.07, 6.45) is 3.06. The summed E-state index contributed by atoms with van der Waals surface area (Å²) >= 11 is 5.93. The highest BCUT2D eigenvalue weighted by molar-refractivity contribution is 6.34. The fourth-order valence-corrected chi connectivity index (χ4v) is 2.17. The van der Waals surface area contributed by atoms with Gasteiger partial charge in [0.2, 0.25) is 11.8 Å². The predicted molar refractivity (Wildman–Crippen MR) is 90.6 cm³/mol. The number of methoxy groups -OCH3 is 1. The van der Waals surface area contributed by atoms with E-state index < -0.39 is 5.91 Å². The number of nitrogens with two attached hydrogens (primary N) is 1. The lowest BCUT2D eigenvalue weighted by molar-refractivity contribution is -0.111. The van der Waals surface area contributed by atoms with E-state index in [1.54, 1.807) is 19.3 Å². The summed E-state index contributed by atoms with van der Waals surface area (Å²) in [7, 11) is 1.58. The van der Waals surface area contributed by atoms with Crippen molar-refractivity contribution < 1.29 is 14.3 Å². The van der Waals surface area contributed by atoms with Crippen LogP contribution in [-0.4, -0.2) is 18.9 Å². The maximum absolute atomic E-state index is 11.9. The second kappa shape index (κ2) is 7.47. The van der Waals surface area contributed by atoms with Gasteiger partial charge in [0.05, 0.1) is 17.7 Å². The molecule has 2 rings (SSSR count). The molecule has 0 unspecified atom stereocenters. The molecule has 0 aromatic heterocycles. The molecule has 0 saturated heterocycles. The summed E-state index contributed by atoms with van der Waals surface area (Å²) in [5, 5.41) is 2.84. The number of hydrogen-bond acceptors (Lipinski definition) is 3. The number of hydrogen-bond donors (Lipinski definition) is 2. The van der Waals surface area contributed by atoms with Gasteiger partial charge in [-0.25, -0.2) is 0 Å². The van der Waals surface area contributed by atoms with Gasteiger partial charge in [-0.1, -0.05) is 23.7 Å². The van der Waals surface area contributed by atoms with Gasteiger partial charge in [0.25, 0.3) is 0 Å². The quantitative estimate of drug-likeness (QED) is 0.826. The Hall–Kier alpha value is -2.79. The molecular weight excluding hydrogens is 316 g/mol. The van der Waals surface area contributed by atoms with Gasteiger partial charge in [-0.05, 0) is 42.0 Å². The molecule has 2 amide bonds. The first-order valence-corrected chi connectivity index (χ1v) is 7.10. The Kier molecular flexibility index (Phi) is 5.38. The fraction of sp³-hybridized carbons (Fsp3) is 0.0588. The highest BCUT2D eigenvalue weighted by atomic mass is 35.5. The summed E-state index contributed by atoms with van der Waals surface area (Å²) < 4.78 is 5.11. The normalized spacial score (nSPS) is 10.5. The highest BCUT2D eigenvalue weighted by Crippen LogP contribution is 2.20.